The second-order valence-electron chi connectivity index (χ2n) is 0.149. The third-order valence-electron chi connectivity index (χ3n) is 0. The van der Waals surface area contributed by atoms with Crippen molar-refractivity contribution < 1.29 is 0 Å². The Morgan fingerprint density at radius 1 is 1.00 bits per heavy atom. The predicted octanol–water partition coefficient (Wildman–Crippen LogP) is 0.120. The molecule has 7 heavy (non-hydrogen) atoms. The minimum atomic E-state index is 0. The second-order valence-corrected chi connectivity index (χ2v) is 0.149. The maximum absolute atomic E-state index is 8.00. The van der Waals surface area contributed by atoms with E-state index in [2.05, 4.69) is 0 Å². The van der Waals surface area contributed by atoms with Crippen LogP contribution in [0, 0.1) is 20.2 Å². The first-order valence-corrected chi connectivity index (χ1v) is 0.730. The normalized spacial score (nSPS) is 3.43. The molecule has 0 aromatic rings. The molecule has 0 radical (unpaired) electrons. The van der Waals surface area contributed by atoms with Gasteiger partial charge >= 0.3 is 45.5 Å². The van der Waals surface area contributed by atoms with Crippen LogP contribution in [0.25, 0.3) is 0 Å². The average Bonchev–Trinajstić information content (AvgIpc) is 1.39. The molecule has 0 aliphatic carbocycles. The van der Waals surface area contributed by atoms with Crippen LogP contribution in [-0.4, -0.2) is 45.5 Å². The first-order valence-electron chi connectivity index (χ1n) is 0.730. The summed E-state index contributed by atoms with van der Waals surface area (Å²) in [5.74, 6) is 0. The Kier molecular flexibility index (Phi) is 75.4. The van der Waals surface area contributed by atoms with Crippen LogP contribution in [0.4, 0.5) is 0 Å². The van der Waals surface area contributed by atoms with Gasteiger partial charge in [0.25, 0.3) is 0 Å². The van der Waals surface area contributed by atoms with Gasteiger partial charge in [0.1, 0.15) is 0 Å². The Hall–Kier alpha value is 0.281. The monoisotopic (exact) mass is 180 g/mol. The molecule has 0 rings (SSSR count). The van der Waals surface area contributed by atoms with Gasteiger partial charge in [-0.1, -0.05) is 0 Å². The molecule has 0 amide bonds. The Balaban J connectivity index is -0.0000000400. The molecule has 0 N–H and O–H groups in total. The van der Waals surface area contributed by atoms with Crippen molar-refractivity contribution in [2.24, 2.45) is 10.7 Å². The molecule has 0 aromatic heterocycles. The van der Waals surface area contributed by atoms with E-state index < -0.39 is 0 Å². The molecule has 0 aliphatic heterocycles. The number of rotatable bonds is 0. The van der Waals surface area contributed by atoms with E-state index in [0.717, 1.165) is 10.7 Å². The molecule has 0 heterocycles. The number of hydrogen-bond acceptors (Lipinski definition) is 6. The van der Waals surface area contributed by atoms with Crippen molar-refractivity contribution >= 4 is 45.5 Å². The van der Waals surface area contributed by atoms with Crippen molar-refractivity contribution in [1.82, 2.24) is 0 Å². The molecule has 0 aromatic carbocycles. The van der Waals surface area contributed by atoms with Crippen LogP contribution in [0.2, 0.25) is 0 Å². The zero-order chi connectivity index (χ0) is 5.41. The van der Waals surface area contributed by atoms with Gasteiger partial charge in [-0.25, -0.2) is 0 Å². The molecule has 0 saturated heterocycles. The van der Waals surface area contributed by atoms with E-state index in [0.29, 0.717) is 0 Å². The van der Waals surface area contributed by atoms with Crippen molar-refractivity contribution in [3.8, 4) is 0 Å². The van der Waals surface area contributed by atoms with E-state index in [4.69, 9.17) is 20.2 Å². The minimum absolute atomic E-state index is 0. The Morgan fingerprint density at radius 2 is 1.00 bits per heavy atom. The van der Waals surface area contributed by atoms with Crippen LogP contribution in [0.5, 0.6) is 0 Å². The van der Waals surface area contributed by atoms with Crippen LogP contribution < -0.4 is 0 Å². The Labute approximate surface area is 75.7 Å². The smallest absolute Gasteiger partial charge is 0.444 e. The van der Waals surface area contributed by atoms with Gasteiger partial charge in [0.05, 0.1) is 0 Å². The Bertz CT molecular complexity index is 30.7. The molecule has 0 saturated carbocycles. The van der Waals surface area contributed by atoms with E-state index >= 15 is 0 Å². The predicted molar refractivity (Wildman–Crippen MR) is 24.1 cm³/mol. The zero-order valence-electron chi connectivity index (χ0n) is 3.23. The fourth-order valence-corrected chi connectivity index (χ4v) is 0. The summed E-state index contributed by atoms with van der Waals surface area (Å²) in [4.78, 5) is 16.0. The van der Waals surface area contributed by atoms with Gasteiger partial charge in [-0.05, 0) is 0 Å². The van der Waals surface area contributed by atoms with Gasteiger partial charge < -0.3 is 20.2 Å². The molecule has 6 nitrogen and oxygen atoms in total. The quantitative estimate of drug-likeness (QED) is 0.299. The number of hydrogen-bond donors (Lipinski definition) is 0. The molecule has 0 unspecified atom stereocenters. The summed E-state index contributed by atoms with van der Waals surface area (Å²) in [7, 11) is 0. The maximum atomic E-state index is 8.00. The van der Waals surface area contributed by atoms with Crippen LogP contribution in [-0.2, 0) is 0 Å². The van der Waals surface area contributed by atoms with Gasteiger partial charge in [-0.3, -0.25) is 0 Å². The first-order chi connectivity index (χ1) is 2.83. The molecule has 7 heteroatoms. The summed E-state index contributed by atoms with van der Waals surface area (Å²) >= 11 is 0. The van der Waals surface area contributed by atoms with E-state index in [-0.39, 0.29) is 45.5 Å². The standard InChI is InChI=1S/2HNO2.Sr/c2*2-1-3;/h2*(H,2,3);/q;;+2/p-2. The van der Waals surface area contributed by atoms with Gasteiger partial charge in [-0.15, -0.1) is 10.7 Å². The first kappa shape index (κ1) is 15.7. The van der Waals surface area contributed by atoms with Crippen LogP contribution in [0.15, 0.2) is 10.7 Å². The van der Waals surface area contributed by atoms with E-state index in [1.165, 1.54) is 0 Å². The van der Waals surface area contributed by atoms with Crippen molar-refractivity contribution in [3.05, 3.63) is 20.2 Å². The zero-order valence-corrected chi connectivity index (χ0v) is 6.71. The second kappa shape index (κ2) is 33.7. The fourth-order valence-electron chi connectivity index (χ4n) is 0. The molecule has 0 fully saturated rings. The summed E-state index contributed by atoms with van der Waals surface area (Å²) in [5.41, 5.74) is 0. The summed E-state index contributed by atoms with van der Waals surface area (Å²) in [5, 5.41) is 18.0. The van der Waals surface area contributed by atoms with Crippen molar-refractivity contribution in [2.45, 2.75) is 0 Å². The average molecular weight is 180 g/mol. The van der Waals surface area contributed by atoms with Gasteiger partial charge in [0.2, 0.25) is 0 Å². The third kappa shape index (κ3) is 1460. The summed E-state index contributed by atoms with van der Waals surface area (Å²) < 4.78 is 0. The van der Waals surface area contributed by atoms with Gasteiger partial charge in [0, 0.05) is 0 Å². The van der Waals surface area contributed by atoms with Crippen LogP contribution in [0.1, 0.15) is 0 Å². The fraction of sp³-hybridized carbons (Fsp3) is 0. The number of nitrogens with zero attached hydrogens (tertiary/aromatic N) is 2. The Morgan fingerprint density at radius 3 is 1.00 bits per heavy atom. The topological polar surface area (TPSA) is 105 Å². The summed E-state index contributed by atoms with van der Waals surface area (Å²) in [6.45, 7) is 0. The van der Waals surface area contributed by atoms with Gasteiger partial charge in [-0.2, -0.15) is 0 Å². The largest absolute Gasteiger partial charge is 2.00 e. The van der Waals surface area contributed by atoms with E-state index in [1.54, 1.807) is 0 Å². The molecule has 0 atom stereocenters. The maximum Gasteiger partial charge on any atom is 2.00 e. The van der Waals surface area contributed by atoms with Crippen LogP contribution in [0.3, 0.4) is 0 Å². The van der Waals surface area contributed by atoms with Crippen LogP contribution >= 0.6 is 0 Å². The molecule has 0 aliphatic rings. The van der Waals surface area contributed by atoms with E-state index in [1.807, 2.05) is 0 Å². The van der Waals surface area contributed by atoms with E-state index in [9.17, 15) is 0 Å². The minimum Gasteiger partial charge on any atom is -0.444 e. The molecular formula is N2O4Sr. The summed E-state index contributed by atoms with van der Waals surface area (Å²) in [6.07, 6.45) is 0. The molecular weight excluding hydrogens is 180 g/mol. The van der Waals surface area contributed by atoms with Crippen molar-refractivity contribution in [3.63, 3.8) is 0 Å². The SMILES string of the molecule is O=N[O-].O=N[O-].[Sr+2]. The summed E-state index contributed by atoms with van der Waals surface area (Å²) in [6, 6.07) is 0. The third-order valence-corrected chi connectivity index (χ3v) is 0. The van der Waals surface area contributed by atoms with Crippen molar-refractivity contribution in [1.29, 1.82) is 0 Å². The van der Waals surface area contributed by atoms with Crippen molar-refractivity contribution in [2.75, 3.05) is 0 Å². The molecule has 36 valence electrons. The molecule has 0 bridgehead atoms. The molecule has 0 spiro atoms. The van der Waals surface area contributed by atoms with Gasteiger partial charge in [0.15, 0.2) is 0 Å².